The minimum Gasteiger partial charge on any atom is -0.491 e. The van der Waals surface area contributed by atoms with E-state index >= 15 is 0 Å². The second-order valence-electron chi connectivity index (χ2n) is 4.71. The van der Waals surface area contributed by atoms with Gasteiger partial charge in [-0.15, -0.1) is 0 Å². The summed E-state index contributed by atoms with van der Waals surface area (Å²) in [5, 5.41) is 0. The molecule has 0 saturated heterocycles. The summed E-state index contributed by atoms with van der Waals surface area (Å²) in [5.41, 5.74) is 2.22. The number of benzene rings is 1. The Labute approximate surface area is 130 Å². The highest BCUT2D eigenvalue weighted by molar-refractivity contribution is 5.79. The van der Waals surface area contributed by atoms with E-state index in [2.05, 4.69) is 16.8 Å². The van der Waals surface area contributed by atoms with Gasteiger partial charge < -0.3 is 9.64 Å². The first kappa shape index (κ1) is 15.6. The number of aromatic nitrogens is 1. The summed E-state index contributed by atoms with van der Waals surface area (Å²) in [6.07, 6.45) is 3.37. The lowest BCUT2D eigenvalue weighted by Gasteiger charge is -2.16. The molecule has 0 radical (unpaired) electrons. The van der Waals surface area contributed by atoms with E-state index in [1.807, 2.05) is 43.3 Å². The summed E-state index contributed by atoms with van der Waals surface area (Å²) in [6, 6.07) is 11.2. The molecule has 1 amide bonds. The molecular formula is C18H18N2O2. The number of hydrogen-bond donors (Lipinski definition) is 0. The molecule has 112 valence electrons. The van der Waals surface area contributed by atoms with Gasteiger partial charge in [-0.05, 0) is 42.7 Å². The summed E-state index contributed by atoms with van der Waals surface area (Å²) < 4.78 is 5.67. The van der Waals surface area contributed by atoms with Crippen LogP contribution in [0.15, 0.2) is 42.6 Å². The summed E-state index contributed by atoms with van der Waals surface area (Å²) in [6.45, 7) is 2.65. The topological polar surface area (TPSA) is 42.4 Å². The molecule has 0 spiro atoms. The minimum atomic E-state index is 0.610. The molecule has 1 aromatic carbocycles. The quantitative estimate of drug-likeness (QED) is 0.629. The van der Waals surface area contributed by atoms with Gasteiger partial charge in [-0.2, -0.15) is 0 Å². The highest BCUT2D eigenvalue weighted by atomic mass is 16.5. The van der Waals surface area contributed by atoms with Crippen LogP contribution in [0.25, 0.3) is 0 Å². The maximum atomic E-state index is 11.0. The average Bonchev–Trinajstić information content (AvgIpc) is 2.58. The van der Waals surface area contributed by atoms with E-state index in [1.54, 1.807) is 13.2 Å². The second-order valence-corrected chi connectivity index (χ2v) is 4.71. The third kappa shape index (κ3) is 4.10. The summed E-state index contributed by atoms with van der Waals surface area (Å²) in [5.74, 6) is 6.73. The van der Waals surface area contributed by atoms with Crippen LogP contribution in [0.4, 0.5) is 5.69 Å². The van der Waals surface area contributed by atoms with Crippen LogP contribution in [0, 0.1) is 11.8 Å². The molecule has 0 aliphatic heterocycles. The van der Waals surface area contributed by atoms with Gasteiger partial charge >= 0.3 is 0 Å². The van der Waals surface area contributed by atoms with Crippen molar-refractivity contribution in [3.05, 3.63) is 53.9 Å². The SMILES string of the molecule is CCCOc1ccc(C#Cc2ccccn2)cc1N(C)C=O. The molecule has 0 atom stereocenters. The maximum Gasteiger partial charge on any atom is 0.213 e. The van der Waals surface area contributed by atoms with Crippen LogP contribution in [-0.2, 0) is 4.79 Å². The Morgan fingerprint density at radius 1 is 1.27 bits per heavy atom. The van der Waals surface area contributed by atoms with Crippen molar-refractivity contribution in [3.63, 3.8) is 0 Å². The van der Waals surface area contributed by atoms with Crippen LogP contribution in [0.2, 0.25) is 0 Å². The number of hydrogen-bond acceptors (Lipinski definition) is 3. The fourth-order valence-corrected chi connectivity index (χ4v) is 1.83. The zero-order chi connectivity index (χ0) is 15.8. The van der Waals surface area contributed by atoms with E-state index in [0.717, 1.165) is 18.4 Å². The largest absolute Gasteiger partial charge is 0.491 e. The van der Waals surface area contributed by atoms with Gasteiger partial charge in [0.25, 0.3) is 0 Å². The van der Waals surface area contributed by atoms with E-state index in [-0.39, 0.29) is 0 Å². The Bertz CT molecular complexity index is 687. The van der Waals surface area contributed by atoms with E-state index in [0.29, 0.717) is 23.7 Å². The molecule has 22 heavy (non-hydrogen) atoms. The summed E-state index contributed by atoms with van der Waals surface area (Å²) in [4.78, 5) is 16.7. The zero-order valence-electron chi connectivity index (χ0n) is 12.7. The molecule has 2 rings (SSSR count). The second kappa shape index (κ2) is 7.84. The van der Waals surface area contributed by atoms with Crippen molar-refractivity contribution >= 4 is 12.1 Å². The van der Waals surface area contributed by atoms with E-state index in [1.165, 1.54) is 4.90 Å². The highest BCUT2D eigenvalue weighted by Gasteiger charge is 2.08. The third-order valence-corrected chi connectivity index (χ3v) is 2.96. The molecule has 0 bridgehead atoms. The molecule has 0 aliphatic carbocycles. The van der Waals surface area contributed by atoms with Crippen LogP contribution >= 0.6 is 0 Å². The smallest absolute Gasteiger partial charge is 0.213 e. The zero-order valence-corrected chi connectivity index (χ0v) is 12.7. The number of anilines is 1. The van der Waals surface area contributed by atoms with Crippen molar-refractivity contribution in [2.75, 3.05) is 18.6 Å². The molecule has 0 aliphatic rings. The average molecular weight is 294 g/mol. The first-order chi connectivity index (χ1) is 10.7. The normalized spacial score (nSPS) is 9.55. The van der Waals surface area contributed by atoms with Crippen LogP contribution in [0.5, 0.6) is 5.75 Å². The Morgan fingerprint density at radius 2 is 2.14 bits per heavy atom. The van der Waals surface area contributed by atoms with E-state index < -0.39 is 0 Å². The van der Waals surface area contributed by atoms with Crippen LogP contribution in [0.3, 0.4) is 0 Å². The number of carbonyl (C=O) groups excluding carboxylic acids is 1. The van der Waals surface area contributed by atoms with Crippen molar-refractivity contribution in [2.24, 2.45) is 0 Å². The molecule has 4 heteroatoms. The van der Waals surface area contributed by atoms with Gasteiger partial charge in [-0.3, -0.25) is 4.79 Å². The molecule has 1 heterocycles. The molecule has 0 saturated carbocycles. The monoisotopic (exact) mass is 294 g/mol. The van der Waals surface area contributed by atoms with E-state index in [9.17, 15) is 4.79 Å². The van der Waals surface area contributed by atoms with Crippen molar-refractivity contribution < 1.29 is 9.53 Å². The molecule has 0 fully saturated rings. The molecule has 4 nitrogen and oxygen atoms in total. The Morgan fingerprint density at radius 3 is 2.82 bits per heavy atom. The lowest BCUT2D eigenvalue weighted by molar-refractivity contribution is -0.107. The summed E-state index contributed by atoms with van der Waals surface area (Å²) >= 11 is 0. The fraction of sp³-hybridized carbons (Fsp3) is 0.222. The van der Waals surface area contributed by atoms with Crippen molar-refractivity contribution in [1.29, 1.82) is 0 Å². The van der Waals surface area contributed by atoms with E-state index in [4.69, 9.17) is 4.74 Å². The first-order valence-electron chi connectivity index (χ1n) is 7.12. The molecule has 0 unspecified atom stereocenters. The van der Waals surface area contributed by atoms with Gasteiger partial charge in [0.05, 0.1) is 12.3 Å². The predicted octanol–water partition coefficient (Wildman–Crippen LogP) is 2.86. The van der Waals surface area contributed by atoms with Gasteiger partial charge in [-0.1, -0.05) is 18.9 Å². The highest BCUT2D eigenvalue weighted by Crippen LogP contribution is 2.28. The third-order valence-electron chi connectivity index (χ3n) is 2.96. The number of pyridine rings is 1. The number of nitrogens with zero attached hydrogens (tertiary/aromatic N) is 2. The van der Waals surface area contributed by atoms with Crippen LogP contribution in [0.1, 0.15) is 24.6 Å². The Hall–Kier alpha value is -2.80. The molecule has 0 N–H and O–H groups in total. The molecule has 1 aromatic heterocycles. The lowest BCUT2D eigenvalue weighted by Crippen LogP contribution is -2.15. The van der Waals surface area contributed by atoms with Crippen LogP contribution in [-0.4, -0.2) is 25.0 Å². The van der Waals surface area contributed by atoms with Gasteiger partial charge in [-0.25, -0.2) is 4.98 Å². The van der Waals surface area contributed by atoms with Gasteiger partial charge in [0.2, 0.25) is 6.41 Å². The van der Waals surface area contributed by atoms with Crippen molar-refractivity contribution in [3.8, 4) is 17.6 Å². The van der Waals surface area contributed by atoms with Gasteiger partial charge in [0, 0.05) is 18.8 Å². The van der Waals surface area contributed by atoms with Crippen molar-refractivity contribution in [2.45, 2.75) is 13.3 Å². The first-order valence-corrected chi connectivity index (χ1v) is 7.12. The predicted molar refractivity (Wildman–Crippen MR) is 86.9 cm³/mol. The number of rotatable bonds is 5. The molecular weight excluding hydrogens is 276 g/mol. The Balaban J connectivity index is 2.30. The van der Waals surface area contributed by atoms with Crippen LogP contribution < -0.4 is 9.64 Å². The summed E-state index contributed by atoms with van der Waals surface area (Å²) in [7, 11) is 1.69. The van der Waals surface area contributed by atoms with Gasteiger partial charge in [0.15, 0.2) is 0 Å². The lowest BCUT2D eigenvalue weighted by atomic mass is 10.1. The standard InChI is InChI=1S/C18H18N2O2/c1-3-12-22-18-10-8-15(13-17(18)20(2)14-21)7-9-16-6-4-5-11-19-16/h4-6,8,10-11,13-14H,3,12H2,1-2H3. The minimum absolute atomic E-state index is 0.610. The van der Waals surface area contributed by atoms with Crippen molar-refractivity contribution in [1.82, 2.24) is 4.98 Å². The number of ether oxygens (including phenoxy) is 1. The Kier molecular flexibility index (Phi) is 5.56. The molecule has 2 aromatic rings. The van der Waals surface area contributed by atoms with Gasteiger partial charge in [0.1, 0.15) is 11.4 Å². The fourth-order valence-electron chi connectivity index (χ4n) is 1.83. The number of amides is 1. The maximum absolute atomic E-state index is 11.0. The number of carbonyl (C=O) groups is 1.